The predicted molar refractivity (Wildman–Crippen MR) is 125 cm³/mol. The maximum atomic E-state index is 12.8. The Morgan fingerprint density at radius 2 is 1.62 bits per heavy atom. The molecule has 6 nitrogen and oxygen atoms in total. The number of hydrogen-bond acceptors (Lipinski definition) is 4. The number of anilines is 1. The van der Waals surface area contributed by atoms with Crippen molar-refractivity contribution in [3.05, 3.63) is 95.8 Å². The van der Waals surface area contributed by atoms with Crippen molar-refractivity contribution in [2.75, 3.05) is 18.0 Å². The molecule has 1 aliphatic heterocycles. The van der Waals surface area contributed by atoms with Crippen LogP contribution < -0.4 is 15.5 Å². The molecular formula is C26H28N4O2. The predicted octanol–water partition coefficient (Wildman–Crippen LogP) is 3.34. The Morgan fingerprint density at radius 3 is 2.38 bits per heavy atom. The van der Waals surface area contributed by atoms with E-state index in [1.807, 2.05) is 66.7 Å². The van der Waals surface area contributed by atoms with Crippen LogP contribution in [0.3, 0.4) is 0 Å². The summed E-state index contributed by atoms with van der Waals surface area (Å²) in [5.74, 6) is -0.0347. The average molecular weight is 429 g/mol. The van der Waals surface area contributed by atoms with Gasteiger partial charge in [-0.15, -0.1) is 0 Å². The highest BCUT2D eigenvalue weighted by Crippen LogP contribution is 2.24. The highest BCUT2D eigenvalue weighted by molar-refractivity contribution is 5.99. The fourth-order valence-electron chi connectivity index (χ4n) is 4.05. The Balaban J connectivity index is 1.31. The second kappa shape index (κ2) is 10.6. The third-order valence-electron chi connectivity index (χ3n) is 5.73. The molecule has 1 saturated heterocycles. The Hall–Kier alpha value is -3.67. The number of pyridine rings is 1. The zero-order chi connectivity index (χ0) is 22.2. The number of para-hydroxylation sites is 1. The first-order chi connectivity index (χ1) is 15.7. The van der Waals surface area contributed by atoms with E-state index in [1.54, 1.807) is 12.4 Å². The summed E-state index contributed by atoms with van der Waals surface area (Å²) in [6, 6.07) is 21.5. The number of rotatable bonds is 7. The van der Waals surface area contributed by atoms with Gasteiger partial charge in [-0.3, -0.25) is 14.6 Å². The smallest absolute Gasteiger partial charge is 0.253 e. The van der Waals surface area contributed by atoms with Crippen molar-refractivity contribution in [3.8, 4) is 0 Å². The van der Waals surface area contributed by atoms with E-state index in [4.69, 9.17) is 0 Å². The lowest BCUT2D eigenvalue weighted by atomic mass is 10.0. The molecule has 0 spiro atoms. The van der Waals surface area contributed by atoms with E-state index in [2.05, 4.69) is 20.5 Å². The molecule has 6 heteroatoms. The second-order valence-corrected chi connectivity index (χ2v) is 8.05. The number of nitrogens with zero attached hydrogens (tertiary/aromatic N) is 2. The maximum Gasteiger partial charge on any atom is 0.253 e. The summed E-state index contributed by atoms with van der Waals surface area (Å²) in [7, 11) is 0. The van der Waals surface area contributed by atoms with E-state index in [1.165, 1.54) is 0 Å². The standard InChI is InChI=1S/C26H28N4O2/c31-25(17-20-7-2-1-3-8-20)29-22-12-15-30(16-13-22)24-11-5-4-10-23(24)26(32)28-19-21-9-6-14-27-18-21/h1-11,14,18,22H,12-13,15-17,19H2,(H,28,32)(H,29,31). The minimum absolute atomic E-state index is 0.0600. The summed E-state index contributed by atoms with van der Waals surface area (Å²) in [5, 5.41) is 6.15. The van der Waals surface area contributed by atoms with Crippen LogP contribution >= 0.6 is 0 Å². The summed E-state index contributed by atoms with van der Waals surface area (Å²) in [4.78, 5) is 31.6. The van der Waals surface area contributed by atoms with Gasteiger partial charge < -0.3 is 15.5 Å². The zero-order valence-corrected chi connectivity index (χ0v) is 18.0. The third-order valence-corrected chi connectivity index (χ3v) is 5.73. The molecule has 0 unspecified atom stereocenters. The van der Waals surface area contributed by atoms with Crippen LogP contribution in [0, 0.1) is 0 Å². The van der Waals surface area contributed by atoms with Gasteiger partial charge in [-0.1, -0.05) is 48.5 Å². The second-order valence-electron chi connectivity index (χ2n) is 8.05. The van der Waals surface area contributed by atoms with Gasteiger partial charge >= 0.3 is 0 Å². The summed E-state index contributed by atoms with van der Waals surface area (Å²) in [6.45, 7) is 2.03. The highest BCUT2D eigenvalue weighted by atomic mass is 16.2. The zero-order valence-electron chi connectivity index (χ0n) is 18.0. The van der Waals surface area contributed by atoms with Crippen molar-refractivity contribution in [2.45, 2.75) is 31.8 Å². The first kappa shape index (κ1) is 21.6. The largest absolute Gasteiger partial charge is 0.371 e. The van der Waals surface area contributed by atoms with Gasteiger partial charge in [-0.2, -0.15) is 0 Å². The molecule has 32 heavy (non-hydrogen) atoms. The van der Waals surface area contributed by atoms with E-state index in [0.29, 0.717) is 18.5 Å². The highest BCUT2D eigenvalue weighted by Gasteiger charge is 2.23. The molecule has 2 N–H and O–H groups in total. The molecule has 1 aromatic heterocycles. The molecule has 2 heterocycles. The van der Waals surface area contributed by atoms with E-state index in [-0.39, 0.29) is 17.9 Å². The number of carbonyl (C=O) groups excluding carboxylic acids is 2. The summed E-state index contributed by atoms with van der Waals surface area (Å²) >= 11 is 0. The van der Waals surface area contributed by atoms with Crippen molar-refractivity contribution >= 4 is 17.5 Å². The van der Waals surface area contributed by atoms with Crippen molar-refractivity contribution in [3.63, 3.8) is 0 Å². The molecule has 2 aromatic carbocycles. The van der Waals surface area contributed by atoms with Crippen molar-refractivity contribution < 1.29 is 9.59 Å². The Labute approximate surface area is 188 Å². The molecule has 0 bridgehead atoms. The molecule has 4 rings (SSSR count). The third kappa shape index (κ3) is 5.72. The fourth-order valence-corrected chi connectivity index (χ4v) is 4.05. The van der Waals surface area contributed by atoms with Gasteiger partial charge in [0.15, 0.2) is 0 Å². The average Bonchev–Trinajstić information content (AvgIpc) is 2.84. The molecule has 0 atom stereocenters. The Morgan fingerprint density at radius 1 is 0.906 bits per heavy atom. The van der Waals surface area contributed by atoms with Crippen LogP contribution in [0.2, 0.25) is 0 Å². The van der Waals surface area contributed by atoms with E-state index < -0.39 is 0 Å². The Bertz CT molecular complexity index is 1030. The number of carbonyl (C=O) groups is 2. The molecule has 0 saturated carbocycles. The van der Waals surface area contributed by atoms with Gasteiger partial charge in [0.1, 0.15) is 0 Å². The summed E-state index contributed by atoms with van der Waals surface area (Å²) < 4.78 is 0. The van der Waals surface area contributed by atoms with Gasteiger partial charge in [-0.05, 0) is 42.2 Å². The molecular weight excluding hydrogens is 400 g/mol. The molecule has 3 aromatic rings. The van der Waals surface area contributed by atoms with Crippen molar-refractivity contribution in [1.29, 1.82) is 0 Å². The number of benzene rings is 2. The van der Waals surface area contributed by atoms with Gasteiger partial charge in [0.2, 0.25) is 5.91 Å². The SMILES string of the molecule is O=C(Cc1ccccc1)NC1CCN(c2ccccc2C(=O)NCc2cccnc2)CC1. The first-order valence-corrected chi connectivity index (χ1v) is 11.0. The molecule has 1 fully saturated rings. The van der Waals surface area contributed by atoms with Gasteiger partial charge in [-0.25, -0.2) is 0 Å². The minimum atomic E-state index is -0.0947. The summed E-state index contributed by atoms with van der Waals surface area (Å²) in [6.07, 6.45) is 5.58. The molecule has 164 valence electrons. The molecule has 0 aliphatic carbocycles. The number of aromatic nitrogens is 1. The van der Waals surface area contributed by atoms with E-state index in [0.717, 1.165) is 42.7 Å². The molecule has 0 radical (unpaired) electrons. The number of amides is 2. The first-order valence-electron chi connectivity index (χ1n) is 11.0. The van der Waals surface area contributed by atoms with E-state index >= 15 is 0 Å². The lowest BCUT2D eigenvalue weighted by Gasteiger charge is -2.35. The van der Waals surface area contributed by atoms with Crippen LogP contribution in [0.5, 0.6) is 0 Å². The van der Waals surface area contributed by atoms with Gasteiger partial charge in [0, 0.05) is 43.8 Å². The number of hydrogen-bond donors (Lipinski definition) is 2. The van der Waals surface area contributed by atoms with Crippen molar-refractivity contribution in [2.24, 2.45) is 0 Å². The molecule has 1 aliphatic rings. The van der Waals surface area contributed by atoms with Crippen LogP contribution in [0.25, 0.3) is 0 Å². The lowest BCUT2D eigenvalue weighted by molar-refractivity contribution is -0.121. The van der Waals surface area contributed by atoms with Crippen LogP contribution in [0.1, 0.15) is 34.3 Å². The van der Waals surface area contributed by atoms with E-state index in [9.17, 15) is 9.59 Å². The summed E-state index contributed by atoms with van der Waals surface area (Å²) in [5.41, 5.74) is 3.59. The monoisotopic (exact) mass is 428 g/mol. The normalized spacial score (nSPS) is 14.1. The topological polar surface area (TPSA) is 74.3 Å². The lowest BCUT2D eigenvalue weighted by Crippen LogP contribution is -2.45. The van der Waals surface area contributed by atoms with Crippen LogP contribution in [-0.4, -0.2) is 35.9 Å². The van der Waals surface area contributed by atoms with Crippen LogP contribution in [0.4, 0.5) is 5.69 Å². The van der Waals surface area contributed by atoms with Crippen LogP contribution in [-0.2, 0) is 17.8 Å². The van der Waals surface area contributed by atoms with Crippen molar-refractivity contribution in [1.82, 2.24) is 15.6 Å². The minimum Gasteiger partial charge on any atom is -0.371 e. The van der Waals surface area contributed by atoms with Gasteiger partial charge in [0.05, 0.1) is 12.0 Å². The molecule has 2 amide bonds. The van der Waals surface area contributed by atoms with Gasteiger partial charge in [0.25, 0.3) is 5.91 Å². The van der Waals surface area contributed by atoms with Crippen LogP contribution in [0.15, 0.2) is 79.1 Å². The Kier molecular flexibility index (Phi) is 7.12. The fraction of sp³-hybridized carbons (Fsp3) is 0.269. The number of piperidine rings is 1. The maximum absolute atomic E-state index is 12.8. The quantitative estimate of drug-likeness (QED) is 0.605. The number of nitrogens with one attached hydrogen (secondary N) is 2.